The highest BCUT2D eigenvalue weighted by Crippen LogP contribution is 2.31. The minimum Gasteiger partial charge on any atom is -0.493 e. The summed E-state index contributed by atoms with van der Waals surface area (Å²) in [5.74, 6) is 1.38. The van der Waals surface area contributed by atoms with Crippen LogP contribution in [0.2, 0.25) is 0 Å². The third-order valence-corrected chi connectivity index (χ3v) is 3.14. The molecule has 2 rings (SSSR count). The van der Waals surface area contributed by atoms with E-state index in [0.717, 1.165) is 18.7 Å². The van der Waals surface area contributed by atoms with E-state index in [1.165, 1.54) is 0 Å². The number of aliphatic hydroxyl groups excluding tert-OH is 1. The van der Waals surface area contributed by atoms with Gasteiger partial charge >= 0.3 is 0 Å². The highest BCUT2D eigenvalue weighted by molar-refractivity contribution is 5.44. The van der Waals surface area contributed by atoms with Crippen LogP contribution in [0.15, 0.2) is 18.2 Å². The van der Waals surface area contributed by atoms with Gasteiger partial charge in [0.2, 0.25) is 0 Å². The van der Waals surface area contributed by atoms with Crippen LogP contribution in [0.5, 0.6) is 11.5 Å². The summed E-state index contributed by atoms with van der Waals surface area (Å²) in [7, 11) is 3.66. The van der Waals surface area contributed by atoms with Crippen molar-refractivity contribution in [2.75, 3.05) is 33.9 Å². The summed E-state index contributed by atoms with van der Waals surface area (Å²) in [4.78, 5) is 2.18. The zero-order chi connectivity index (χ0) is 13.1. The molecule has 5 nitrogen and oxygen atoms in total. The standard InChI is InChI=1S/C13H20N2O3/c1-15-6-10(7-15)18-13-5-9(11(14)8-16)3-4-12(13)17-2/h3-5,10-11,16H,6-8,14H2,1-2H3. The Morgan fingerprint density at radius 2 is 2.17 bits per heavy atom. The SMILES string of the molecule is COc1ccc(C(N)CO)cc1OC1CN(C)C1. The highest BCUT2D eigenvalue weighted by atomic mass is 16.5. The number of nitrogens with zero attached hydrogens (tertiary/aromatic N) is 1. The Labute approximate surface area is 107 Å². The molecule has 1 aliphatic heterocycles. The molecule has 0 aliphatic carbocycles. The van der Waals surface area contributed by atoms with Crippen molar-refractivity contribution >= 4 is 0 Å². The van der Waals surface area contributed by atoms with E-state index in [4.69, 9.17) is 20.3 Å². The number of ether oxygens (including phenoxy) is 2. The van der Waals surface area contributed by atoms with Gasteiger partial charge in [0.15, 0.2) is 11.5 Å². The van der Waals surface area contributed by atoms with Crippen LogP contribution in [0.3, 0.4) is 0 Å². The first kappa shape index (κ1) is 13.1. The summed E-state index contributed by atoms with van der Waals surface area (Å²) in [6.07, 6.45) is 0.199. The lowest BCUT2D eigenvalue weighted by atomic mass is 10.1. The van der Waals surface area contributed by atoms with Crippen molar-refractivity contribution in [1.29, 1.82) is 0 Å². The lowest BCUT2D eigenvalue weighted by Gasteiger charge is -2.36. The monoisotopic (exact) mass is 252 g/mol. The predicted octanol–water partition coefficient (Wildman–Crippen LogP) is 0.380. The third kappa shape index (κ3) is 2.75. The molecular formula is C13H20N2O3. The molecule has 0 aromatic heterocycles. The normalized spacial score (nSPS) is 18.2. The van der Waals surface area contributed by atoms with E-state index in [1.54, 1.807) is 7.11 Å². The first-order valence-electron chi connectivity index (χ1n) is 6.03. The Bertz CT molecular complexity index is 405. The molecule has 1 unspecified atom stereocenters. The Morgan fingerprint density at radius 1 is 1.44 bits per heavy atom. The van der Waals surface area contributed by atoms with Gasteiger partial charge in [-0.3, -0.25) is 4.90 Å². The third-order valence-electron chi connectivity index (χ3n) is 3.14. The maximum atomic E-state index is 9.08. The fraction of sp³-hybridized carbons (Fsp3) is 0.538. The molecule has 1 aromatic carbocycles. The van der Waals surface area contributed by atoms with E-state index in [1.807, 2.05) is 18.2 Å². The molecule has 1 heterocycles. The Morgan fingerprint density at radius 3 is 2.72 bits per heavy atom. The number of likely N-dealkylation sites (tertiary alicyclic amines) is 1. The van der Waals surface area contributed by atoms with Crippen LogP contribution in [0.4, 0.5) is 0 Å². The van der Waals surface area contributed by atoms with Crippen molar-refractivity contribution in [1.82, 2.24) is 4.90 Å². The maximum Gasteiger partial charge on any atom is 0.162 e. The van der Waals surface area contributed by atoms with E-state index in [9.17, 15) is 0 Å². The summed E-state index contributed by atoms with van der Waals surface area (Å²) >= 11 is 0. The van der Waals surface area contributed by atoms with Crippen molar-refractivity contribution in [3.05, 3.63) is 23.8 Å². The quantitative estimate of drug-likeness (QED) is 0.793. The van der Waals surface area contributed by atoms with Crippen LogP contribution in [0.25, 0.3) is 0 Å². The van der Waals surface area contributed by atoms with Gasteiger partial charge in [0, 0.05) is 13.1 Å². The van der Waals surface area contributed by atoms with Crippen molar-refractivity contribution in [3.63, 3.8) is 0 Å². The molecule has 1 aromatic rings. The molecule has 0 saturated carbocycles. The smallest absolute Gasteiger partial charge is 0.162 e. The van der Waals surface area contributed by atoms with Crippen LogP contribution >= 0.6 is 0 Å². The molecule has 0 spiro atoms. The fourth-order valence-corrected chi connectivity index (χ4v) is 2.02. The van der Waals surface area contributed by atoms with E-state index in [-0.39, 0.29) is 18.8 Å². The van der Waals surface area contributed by atoms with Crippen LogP contribution in [-0.2, 0) is 0 Å². The van der Waals surface area contributed by atoms with Gasteiger partial charge in [0.25, 0.3) is 0 Å². The summed E-state index contributed by atoms with van der Waals surface area (Å²) in [5, 5.41) is 9.08. The van der Waals surface area contributed by atoms with Crippen molar-refractivity contribution in [3.8, 4) is 11.5 Å². The average molecular weight is 252 g/mol. The lowest BCUT2D eigenvalue weighted by Crippen LogP contribution is -2.51. The zero-order valence-corrected chi connectivity index (χ0v) is 10.8. The Hall–Kier alpha value is -1.30. The van der Waals surface area contributed by atoms with Gasteiger partial charge in [-0.05, 0) is 24.7 Å². The Balaban J connectivity index is 2.14. The number of hydrogen-bond donors (Lipinski definition) is 2. The van der Waals surface area contributed by atoms with E-state index < -0.39 is 0 Å². The number of likely N-dealkylation sites (N-methyl/N-ethyl adjacent to an activating group) is 1. The van der Waals surface area contributed by atoms with Crippen LogP contribution in [0, 0.1) is 0 Å². The highest BCUT2D eigenvalue weighted by Gasteiger charge is 2.26. The molecule has 1 fully saturated rings. The van der Waals surface area contributed by atoms with Crippen LogP contribution in [0.1, 0.15) is 11.6 Å². The molecule has 0 amide bonds. The van der Waals surface area contributed by atoms with Gasteiger partial charge in [-0.25, -0.2) is 0 Å². The average Bonchev–Trinajstić information content (AvgIpc) is 2.36. The van der Waals surface area contributed by atoms with Gasteiger partial charge in [-0.15, -0.1) is 0 Å². The van der Waals surface area contributed by atoms with E-state index in [2.05, 4.69) is 11.9 Å². The second-order valence-corrected chi connectivity index (χ2v) is 4.66. The van der Waals surface area contributed by atoms with Crippen LogP contribution < -0.4 is 15.2 Å². The van der Waals surface area contributed by atoms with Gasteiger partial charge in [0.05, 0.1) is 19.8 Å². The van der Waals surface area contributed by atoms with Gasteiger partial charge in [0.1, 0.15) is 6.10 Å². The first-order valence-corrected chi connectivity index (χ1v) is 6.03. The summed E-state index contributed by atoms with van der Waals surface area (Å²) in [6, 6.07) is 5.13. The summed E-state index contributed by atoms with van der Waals surface area (Å²) in [6.45, 7) is 1.75. The van der Waals surface area contributed by atoms with Crippen molar-refractivity contribution < 1.29 is 14.6 Å². The number of nitrogens with two attached hydrogens (primary N) is 1. The van der Waals surface area contributed by atoms with E-state index in [0.29, 0.717) is 11.5 Å². The number of methoxy groups -OCH3 is 1. The van der Waals surface area contributed by atoms with Crippen molar-refractivity contribution in [2.24, 2.45) is 5.73 Å². The lowest BCUT2D eigenvalue weighted by molar-refractivity contribution is 0.0369. The molecule has 18 heavy (non-hydrogen) atoms. The maximum absolute atomic E-state index is 9.08. The largest absolute Gasteiger partial charge is 0.493 e. The first-order chi connectivity index (χ1) is 8.63. The number of hydrogen-bond acceptors (Lipinski definition) is 5. The number of benzene rings is 1. The molecule has 3 N–H and O–H groups in total. The zero-order valence-electron chi connectivity index (χ0n) is 10.8. The molecular weight excluding hydrogens is 232 g/mol. The molecule has 0 radical (unpaired) electrons. The van der Waals surface area contributed by atoms with Crippen molar-refractivity contribution in [2.45, 2.75) is 12.1 Å². The molecule has 1 atom stereocenters. The Kier molecular flexibility index (Phi) is 4.06. The topological polar surface area (TPSA) is 68.0 Å². The second kappa shape index (κ2) is 5.56. The summed E-state index contributed by atoms with van der Waals surface area (Å²) < 4.78 is 11.1. The molecule has 0 bridgehead atoms. The predicted molar refractivity (Wildman–Crippen MR) is 68.9 cm³/mol. The molecule has 5 heteroatoms. The van der Waals surface area contributed by atoms with Gasteiger partial charge in [-0.2, -0.15) is 0 Å². The van der Waals surface area contributed by atoms with Gasteiger partial charge in [-0.1, -0.05) is 6.07 Å². The minimum atomic E-state index is -0.387. The minimum absolute atomic E-state index is 0.0854. The van der Waals surface area contributed by atoms with Crippen LogP contribution in [-0.4, -0.2) is 50.0 Å². The van der Waals surface area contributed by atoms with Gasteiger partial charge < -0.3 is 20.3 Å². The number of rotatable bonds is 5. The molecule has 100 valence electrons. The van der Waals surface area contributed by atoms with E-state index >= 15 is 0 Å². The fourth-order valence-electron chi connectivity index (χ4n) is 2.02. The second-order valence-electron chi connectivity index (χ2n) is 4.66. The molecule has 1 saturated heterocycles. The molecule has 1 aliphatic rings. The summed E-state index contributed by atoms with van der Waals surface area (Å²) in [5.41, 5.74) is 6.65. The number of aliphatic hydroxyl groups is 1.